The molecule has 0 radical (unpaired) electrons. The molecule has 19 heavy (non-hydrogen) atoms. The van der Waals surface area contributed by atoms with Gasteiger partial charge in [-0.3, -0.25) is 0 Å². The largest absolute Gasteiger partial charge is 0.337 e. The number of aromatic amines is 1. The molecule has 0 bridgehead atoms. The molecule has 3 rings (SSSR count). The Kier molecular flexibility index (Phi) is 3.00. The molecule has 0 spiro atoms. The van der Waals surface area contributed by atoms with E-state index in [2.05, 4.69) is 27.3 Å². The minimum atomic E-state index is 0.600. The predicted octanol–water partition coefficient (Wildman–Crippen LogP) is 2.39. The van der Waals surface area contributed by atoms with Gasteiger partial charge in [0.05, 0.1) is 12.2 Å². The predicted molar refractivity (Wildman–Crippen MR) is 75.2 cm³/mol. The van der Waals surface area contributed by atoms with Crippen LogP contribution in [0.2, 0.25) is 0 Å². The van der Waals surface area contributed by atoms with Crippen molar-refractivity contribution in [3.8, 4) is 11.3 Å². The molecule has 0 saturated heterocycles. The molecule has 0 amide bonds. The minimum Gasteiger partial charge on any atom is -0.337 e. The van der Waals surface area contributed by atoms with E-state index in [0.717, 1.165) is 17.1 Å². The number of nitrogens with one attached hydrogen (secondary N) is 1. The van der Waals surface area contributed by atoms with Gasteiger partial charge in [-0.2, -0.15) is 0 Å². The van der Waals surface area contributed by atoms with E-state index in [9.17, 15) is 0 Å². The van der Waals surface area contributed by atoms with E-state index < -0.39 is 0 Å². The summed E-state index contributed by atoms with van der Waals surface area (Å²) in [5.74, 6) is 0.868. The second kappa shape index (κ2) is 4.81. The van der Waals surface area contributed by atoms with Crippen LogP contribution in [-0.4, -0.2) is 24.3 Å². The van der Waals surface area contributed by atoms with Gasteiger partial charge in [0.1, 0.15) is 6.33 Å². The van der Waals surface area contributed by atoms with Crippen molar-refractivity contribution in [1.82, 2.24) is 24.3 Å². The second-order valence-corrected chi connectivity index (χ2v) is 4.68. The summed E-state index contributed by atoms with van der Waals surface area (Å²) in [5, 5.41) is 7.99. The lowest BCUT2D eigenvalue weighted by atomic mass is 10.2. The van der Waals surface area contributed by atoms with Gasteiger partial charge in [0.2, 0.25) is 0 Å². The standard InChI is InChI=1S/C13H13N5S/c1-17-9-15-16-12(17)8-18-11(7-14-13(18)19)10-5-3-2-4-6-10/h2-7,9H,8H2,1H3,(H,14,19). The molecule has 0 saturated carbocycles. The summed E-state index contributed by atoms with van der Waals surface area (Å²) in [6.45, 7) is 0.600. The Bertz CT molecular complexity index is 738. The van der Waals surface area contributed by atoms with Crippen LogP contribution in [0.15, 0.2) is 42.9 Å². The van der Waals surface area contributed by atoms with Crippen LogP contribution in [0.1, 0.15) is 5.82 Å². The molecular weight excluding hydrogens is 258 g/mol. The number of nitrogens with zero attached hydrogens (tertiary/aromatic N) is 4. The van der Waals surface area contributed by atoms with E-state index in [-0.39, 0.29) is 0 Å². The molecule has 1 N–H and O–H groups in total. The van der Waals surface area contributed by atoms with Gasteiger partial charge < -0.3 is 14.1 Å². The average Bonchev–Trinajstić information content (AvgIpc) is 2.99. The van der Waals surface area contributed by atoms with E-state index in [1.54, 1.807) is 6.33 Å². The summed E-state index contributed by atoms with van der Waals surface area (Å²) in [6.07, 6.45) is 3.61. The Labute approximate surface area is 115 Å². The molecule has 0 unspecified atom stereocenters. The van der Waals surface area contributed by atoms with Crippen molar-refractivity contribution in [2.24, 2.45) is 7.05 Å². The molecule has 0 fully saturated rings. The number of H-pyrrole nitrogens is 1. The lowest BCUT2D eigenvalue weighted by Gasteiger charge is -2.07. The first-order valence-corrected chi connectivity index (χ1v) is 6.33. The molecular formula is C13H13N5S. The zero-order valence-corrected chi connectivity index (χ0v) is 11.3. The SMILES string of the molecule is Cn1cnnc1Cn1c(-c2ccccc2)c[nH]c1=S. The van der Waals surface area contributed by atoms with E-state index >= 15 is 0 Å². The smallest absolute Gasteiger partial charge is 0.178 e. The second-order valence-electron chi connectivity index (χ2n) is 4.29. The normalized spacial score (nSPS) is 10.8. The highest BCUT2D eigenvalue weighted by Gasteiger charge is 2.09. The summed E-state index contributed by atoms with van der Waals surface area (Å²) in [7, 11) is 1.92. The summed E-state index contributed by atoms with van der Waals surface area (Å²) >= 11 is 5.34. The van der Waals surface area contributed by atoms with Crippen LogP contribution in [0, 0.1) is 4.77 Å². The lowest BCUT2D eigenvalue weighted by molar-refractivity contribution is 0.694. The van der Waals surface area contributed by atoms with Crippen molar-refractivity contribution in [1.29, 1.82) is 0 Å². The number of hydrogen-bond acceptors (Lipinski definition) is 3. The van der Waals surface area contributed by atoms with E-state index in [0.29, 0.717) is 11.3 Å². The van der Waals surface area contributed by atoms with Crippen LogP contribution >= 0.6 is 12.2 Å². The lowest BCUT2D eigenvalue weighted by Crippen LogP contribution is -2.07. The number of rotatable bonds is 3. The maximum atomic E-state index is 5.34. The molecule has 2 aromatic heterocycles. The van der Waals surface area contributed by atoms with E-state index in [1.165, 1.54) is 0 Å². The van der Waals surface area contributed by atoms with Crippen molar-refractivity contribution in [3.05, 3.63) is 53.5 Å². The minimum absolute atomic E-state index is 0.600. The molecule has 6 heteroatoms. The number of imidazole rings is 1. The molecule has 0 atom stereocenters. The Hall–Kier alpha value is -2.21. The Morgan fingerprint density at radius 3 is 2.74 bits per heavy atom. The van der Waals surface area contributed by atoms with Crippen LogP contribution in [-0.2, 0) is 13.6 Å². The molecule has 3 aromatic rings. The molecule has 2 heterocycles. The van der Waals surface area contributed by atoms with Crippen molar-refractivity contribution >= 4 is 12.2 Å². The molecule has 0 aliphatic rings. The van der Waals surface area contributed by atoms with Crippen molar-refractivity contribution in [2.45, 2.75) is 6.54 Å². The highest BCUT2D eigenvalue weighted by molar-refractivity contribution is 7.71. The molecule has 5 nitrogen and oxygen atoms in total. The quantitative estimate of drug-likeness (QED) is 0.744. The topological polar surface area (TPSA) is 51.4 Å². The summed E-state index contributed by atoms with van der Waals surface area (Å²) < 4.78 is 4.60. The first-order valence-electron chi connectivity index (χ1n) is 5.92. The molecule has 1 aromatic carbocycles. The van der Waals surface area contributed by atoms with Gasteiger partial charge in [0, 0.05) is 13.2 Å². The van der Waals surface area contributed by atoms with Crippen LogP contribution < -0.4 is 0 Å². The third-order valence-corrected chi connectivity index (χ3v) is 3.38. The Morgan fingerprint density at radius 1 is 1.26 bits per heavy atom. The number of aromatic nitrogens is 5. The monoisotopic (exact) mass is 271 g/mol. The van der Waals surface area contributed by atoms with Gasteiger partial charge in [-0.25, -0.2) is 0 Å². The summed E-state index contributed by atoms with van der Waals surface area (Å²) in [4.78, 5) is 3.09. The molecule has 96 valence electrons. The van der Waals surface area contributed by atoms with Gasteiger partial charge in [0.25, 0.3) is 0 Å². The van der Waals surface area contributed by atoms with E-state index in [4.69, 9.17) is 12.2 Å². The van der Waals surface area contributed by atoms with Crippen LogP contribution in [0.25, 0.3) is 11.3 Å². The first kappa shape index (κ1) is 11.9. The third kappa shape index (κ3) is 2.22. The Morgan fingerprint density at radius 2 is 2.05 bits per heavy atom. The van der Waals surface area contributed by atoms with Crippen LogP contribution in [0.3, 0.4) is 0 Å². The van der Waals surface area contributed by atoms with Gasteiger partial charge >= 0.3 is 0 Å². The van der Waals surface area contributed by atoms with Crippen LogP contribution in [0.5, 0.6) is 0 Å². The number of benzene rings is 1. The van der Waals surface area contributed by atoms with Crippen LogP contribution in [0.4, 0.5) is 0 Å². The summed E-state index contributed by atoms with van der Waals surface area (Å²) in [6, 6.07) is 10.1. The fourth-order valence-corrected chi connectivity index (χ4v) is 2.21. The number of aryl methyl sites for hydroxylation is 1. The zero-order valence-electron chi connectivity index (χ0n) is 10.4. The van der Waals surface area contributed by atoms with Gasteiger partial charge in [-0.15, -0.1) is 10.2 Å². The number of hydrogen-bond donors (Lipinski definition) is 1. The fourth-order valence-electron chi connectivity index (χ4n) is 1.99. The van der Waals surface area contributed by atoms with Gasteiger partial charge in [-0.1, -0.05) is 30.3 Å². The third-order valence-electron chi connectivity index (χ3n) is 3.04. The van der Waals surface area contributed by atoms with Crippen molar-refractivity contribution in [2.75, 3.05) is 0 Å². The van der Waals surface area contributed by atoms with Gasteiger partial charge in [0.15, 0.2) is 10.6 Å². The van der Waals surface area contributed by atoms with Crippen molar-refractivity contribution < 1.29 is 0 Å². The maximum Gasteiger partial charge on any atom is 0.178 e. The summed E-state index contributed by atoms with van der Waals surface area (Å²) in [5.41, 5.74) is 2.17. The highest BCUT2D eigenvalue weighted by Crippen LogP contribution is 2.19. The van der Waals surface area contributed by atoms with Crippen molar-refractivity contribution in [3.63, 3.8) is 0 Å². The Balaban J connectivity index is 2.05. The van der Waals surface area contributed by atoms with E-state index in [1.807, 2.05) is 40.6 Å². The zero-order chi connectivity index (χ0) is 13.2. The fraction of sp³-hybridized carbons (Fsp3) is 0.154. The molecule has 0 aliphatic heterocycles. The first-order chi connectivity index (χ1) is 9.25. The molecule has 0 aliphatic carbocycles. The highest BCUT2D eigenvalue weighted by atomic mass is 32.1. The van der Waals surface area contributed by atoms with Gasteiger partial charge in [-0.05, 0) is 17.8 Å². The average molecular weight is 271 g/mol. The maximum absolute atomic E-state index is 5.34.